The number of hydrogen-bond donors (Lipinski definition) is 1. The van der Waals surface area contributed by atoms with E-state index in [-0.39, 0.29) is 18.7 Å². The van der Waals surface area contributed by atoms with Crippen molar-refractivity contribution in [1.29, 1.82) is 0 Å². The second-order valence-corrected chi connectivity index (χ2v) is 6.92. The lowest BCUT2D eigenvalue weighted by Gasteiger charge is -2.07. The quantitative estimate of drug-likeness (QED) is 0.749. The van der Waals surface area contributed by atoms with E-state index in [1.807, 2.05) is 0 Å². The molecule has 138 valence electrons. The summed E-state index contributed by atoms with van der Waals surface area (Å²) in [7, 11) is -2.33. The first-order valence-corrected chi connectivity index (χ1v) is 9.19. The van der Waals surface area contributed by atoms with Crippen molar-refractivity contribution < 1.29 is 26.7 Å². The van der Waals surface area contributed by atoms with Crippen molar-refractivity contribution in [1.82, 2.24) is 4.72 Å². The van der Waals surface area contributed by atoms with E-state index >= 15 is 0 Å². The second-order valence-electron chi connectivity index (χ2n) is 5.11. The van der Waals surface area contributed by atoms with Gasteiger partial charge in [0.05, 0.1) is 19.4 Å². The SMILES string of the molecule is COc1ccccc1OCC#CCNS(=O)(=O)Cc1cc(F)ccc1F. The van der Waals surface area contributed by atoms with Crippen LogP contribution in [-0.2, 0) is 15.8 Å². The van der Waals surface area contributed by atoms with Crippen LogP contribution >= 0.6 is 0 Å². The van der Waals surface area contributed by atoms with Crippen molar-refractivity contribution in [2.24, 2.45) is 0 Å². The molecule has 5 nitrogen and oxygen atoms in total. The van der Waals surface area contributed by atoms with E-state index < -0.39 is 27.4 Å². The van der Waals surface area contributed by atoms with Gasteiger partial charge in [-0.2, -0.15) is 0 Å². The summed E-state index contributed by atoms with van der Waals surface area (Å²) in [6.07, 6.45) is 0. The zero-order chi connectivity index (χ0) is 19.0. The fraction of sp³-hybridized carbons (Fsp3) is 0.222. The van der Waals surface area contributed by atoms with Crippen molar-refractivity contribution in [2.75, 3.05) is 20.3 Å². The van der Waals surface area contributed by atoms with Gasteiger partial charge in [-0.1, -0.05) is 24.0 Å². The highest BCUT2D eigenvalue weighted by atomic mass is 32.2. The molecule has 0 atom stereocenters. The number of halogens is 2. The van der Waals surface area contributed by atoms with E-state index in [0.29, 0.717) is 11.5 Å². The smallest absolute Gasteiger partial charge is 0.216 e. The Balaban J connectivity index is 1.83. The zero-order valence-corrected chi connectivity index (χ0v) is 14.8. The van der Waals surface area contributed by atoms with Crippen LogP contribution in [0.3, 0.4) is 0 Å². The minimum atomic E-state index is -3.84. The maximum absolute atomic E-state index is 13.5. The molecule has 2 aromatic rings. The maximum atomic E-state index is 13.5. The molecular weight excluding hydrogens is 364 g/mol. The number of benzene rings is 2. The molecule has 0 aliphatic rings. The Morgan fingerprint density at radius 3 is 2.54 bits per heavy atom. The Hall–Kier alpha value is -2.63. The van der Waals surface area contributed by atoms with Crippen LogP contribution in [-0.4, -0.2) is 28.7 Å². The highest BCUT2D eigenvalue weighted by Gasteiger charge is 2.14. The fourth-order valence-electron chi connectivity index (χ4n) is 2.02. The number of methoxy groups -OCH3 is 1. The predicted octanol–water partition coefficient (Wildman–Crippen LogP) is 2.48. The number of nitrogens with one attached hydrogen (secondary N) is 1. The van der Waals surface area contributed by atoms with Gasteiger partial charge in [-0.15, -0.1) is 0 Å². The largest absolute Gasteiger partial charge is 0.493 e. The minimum absolute atomic E-state index is 0.0423. The van der Waals surface area contributed by atoms with Gasteiger partial charge in [-0.3, -0.25) is 0 Å². The Bertz CT molecular complexity index is 920. The number of hydrogen-bond acceptors (Lipinski definition) is 4. The molecule has 0 bridgehead atoms. The molecule has 0 aromatic heterocycles. The number of ether oxygens (including phenoxy) is 2. The van der Waals surface area contributed by atoms with Crippen LogP contribution in [0.5, 0.6) is 11.5 Å². The molecule has 1 N–H and O–H groups in total. The summed E-state index contributed by atoms with van der Waals surface area (Å²) >= 11 is 0. The molecule has 0 aliphatic heterocycles. The molecule has 26 heavy (non-hydrogen) atoms. The maximum Gasteiger partial charge on any atom is 0.216 e. The van der Waals surface area contributed by atoms with Crippen LogP contribution in [0, 0.1) is 23.5 Å². The van der Waals surface area contributed by atoms with E-state index in [4.69, 9.17) is 9.47 Å². The third-order valence-corrected chi connectivity index (χ3v) is 4.50. The summed E-state index contributed by atoms with van der Waals surface area (Å²) in [6.45, 7) is -0.130. The van der Waals surface area contributed by atoms with Crippen LogP contribution in [0.15, 0.2) is 42.5 Å². The highest BCUT2D eigenvalue weighted by molar-refractivity contribution is 7.88. The minimum Gasteiger partial charge on any atom is -0.493 e. The lowest BCUT2D eigenvalue weighted by Crippen LogP contribution is -2.26. The van der Waals surface area contributed by atoms with Gasteiger partial charge in [0.1, 0.15) is 18.2 Å². The van der Waals surface area contributed by atoms with Crippen molar-refractivity contribution in [3.8, 4) is 23.3 Å². The molecule has 0 amide bonds. The van der Waals surface area contributed by atoms with Gasteiger partial charge in [0, 0.05) is 5.56 Å². The standard InChI is InChI=1S/C18H17F2NO4S/c1-24-17-6-2-3-7-18(17)25-11-5-4-10-21-26(22,23)13-14-12-15(19)8-9-16(14)20/h2-3,6-9,12,21H,10-11,13H2,1H3. The lowest BCUT2D eigenvalue weighted by molar-refractivity contribution is 0.331. The van der Waals surface area contributed by atoms with Gasteiger partial charge in [0.25, 0.3) is 0 Å². The topological polar surface area (TPSA) is 64.6 Å². The van der Waals surface area contributed by atoms with E-state index in [0.717, 1.165) is 18.2 Å². The van der Waals surface area contributed by atoms with E-state index in [9.17, 15) is 17.2 Å². The predicted molar refractivity (Wildman–Crippen MR) is 93.2 cm³/mol. The van der Waals surface area contributed by atoms with Crippen LogP contribution in [0.25, 0.3) is 0 Å². The van der Waals surface area contributed by atoms with Crippen molar-refractivity contribution in [2.45, 2.75) is 5.75 Å². The lowest BCUT2D eigenvalue weighted by atomic mass is 10.2. The molecule has 0 saturated heterocycles. The Kier molecular flexibility index (Phi) is 6.95. The number of rotatable bonds is 7. The first kappa shape index (κ1) is 19.7. The summed E-state index contributed by atoms with van der Waals surface area (Å²) < 4.78 is 63.1. The molecule has 0 unspecified atom stereocenters. The van der Waals surface area contributed by atoms with E-state index in [2.05, 4.69) is 16.6 Å². The Morgan fingerprint density at radius 1 is 1.08 bits per heavy atom. The first-order chi connectivity index (χ1) is 12.4. The second kappa shape index (κ2) is 9.17. The first-order valence-electron chi connectivity index (χ1n) is 7.54. The Morgan fingerprint density at radius 2 is 1.81 bits per heavy atom. The van der Waals surface area contributed by atoms with Crippen molar-refractivity contribution in [3.05, 3.63) is 59.7 Å². The molecule has 0 heterocycles. The van der Waals surface area contributed by atoms with Crippen molar-refractivity contribution in [3.63, 3.8) is 0 Å². The molecule has 0 aliphatic carbocycles. The average Bonchev–Trinajstić information content (AvgIpc) is 2.61. The van der Waals surface area contributed by atoms with Crippen molar-refractivity contribution >= 4 is 10.0 Å². The van der Waals surface area contributed by atoms with Gasteiger partial charge in [-0.05, 0) is 30.3 Å². The summed E-state index contributed by atoms with van der Waals surface area (Å²) in [5, 5.41) is 0. The average molecular weight is 381 g/mol. The molecule has 0 radical (unpaired) electrons. The third-order valence-electron chi connectivity index (χ3n) is 3.23. The summed E-state index contributed by atoms with van der Waals surface area (Å²) in [4.78, 5) is 0. The summed E-state index contributed by atoms with van der Waals surface area (Å²) in [6, 6.07) is 9.69. The fourth-order valence-corrected chi connectivity index (χ4v) is 3.05. The normalized spacial score (nSPS) is 10.7. The van der Waals surface area contributed by atoms with Gasteiger partial charge in [0.2, 0.25) is 10.0 Å². The van der Waals surface area contributed by atoms with Gasteiger partial charge in [0.15, 0.2) is 11.5 Å². The molecule has 0 spiro atoms. The van der Waals surface area contributed by atoms with Gasteiger partial charge < -0.3 is 9.47 Å². The number of para-hydroxylation sites is 2. The molecule has 0 saturated carbocycles. The molecule has 0 fully saturated rings. The monoisotopic (exact) mass is 381 g/mol. The highest BCUT2D eigenvalue weighted by Crippen LogP contribution is 2.25. The van der Waals surface area contributed by atoms with Crippen LogP contribution in [0.1, 0.15) is 5.56 Å². The van der Waals surface area contributed by atoms with Crippen LogP contribution < -0.4 is 14.2 Å². The zero-order valence-electron chi connectivity index (χ0n) is 14.0. The van der Waals surface area contributed by atoms with E-state index in [1.165, 1.54) is 7.11 Å². The molecular formula is C18H17F2NO4S. The van der Waals surface area contributed by atoms with Gasteiger partial charge in [-0.25, -0.2) is 21.9 Å². The summed E-state index contributed by atoms with van der Waals surface area (Å²) in [5.74, 6) is 4.16. The Labute approximate surface area is 151 Å². The number of sulfonamides is 1. The molecule has 2 rings (SSSR count). The molecule has 8 heteroatoms. The molecule has 2 aromatic carbocycles. The van der Waals surface area contributed by atoms with Crippen LogP contribution in [0.4, 0.5) is 8.78 Å². The van der Waals surface area contributed by atoms with Crippen LogP contribution in [0.2, 0.25) is 0 Å². The van der Waals surface area contributed by atoms with E-state index in [1.54, 1.807) is 24.3 Å². The van der Waals surface area contributed by atoms with Gasteiger partial charge >= 0.3 is 0 Å². The summed E-state index contributed by atoms with van der Waals surface area (Å²) in [5.41, 5.74) is -0.245. The third kappa shape index (κ3) is 6.02.